The van der Waals surface area contributed by atoms with E-state index in [1.165, 1.54) is 0 Å². The number of benzene rings is 1. The molecule has 0 aliphatic heterocycles. The smallest absolute Gasteiger partial charge is 0.228 e. The van der Waals surface area contributed by atoms with Gasteiger partial charge in [0.1, 0.15) is 0 Å². The van der Waals surface area contributed by atoms with Crippen LogP contribution >= 0.6 is 15.9 Å². The molecular formula is C14H18BrN3O. The van der Waals surface area contributed by atoms with Gasteiger partial charge in [-0.2, -0.15) is 4.98 Å². The van der Waals surface area contributed by atoms with Crippen LogP contribution < -0.4 is 5.32 Å². The highest BCUT2D eigenvalue weighted by molar-refractivity contribution is 9.10. The van der Waals surface area contributed by atoms with Gasteiger partial charge in [0.05, 0.1) is 0 Å². The van der Waals surface area contributed by atoms with Gasteiger partial charge in [0.2, 0.25) is 11.7 Å². The summed E-state index contributed by atoms with van der Waals surface area (Å²) in [7, 11) is 0. The van der Waals surface area contributed by atoms with Crippen molar-refractivity contribution in [3.05, 3.63) is 34.6 Å². The van der Waals surface area contributed by atoms with Crippen molar-refractivity contribution in [3.63, 3.8) is 0 Å². The van der Waals surface area contributed by atoms with E-state index in [0.717, 1.165) is 23.0 Å². The van der Waals surface area contributed by atoms with Gasteiger partial charge in [0.25, 0.3) is 0 Å². The number of hydrogen-bond donors (Lipinski definition) is 1. The van der Waals surface area contributed by atoms with Gasteiger partial charge in [-0.05, 0) is 45.0 Å². The standard InChI is InChI=1S/C14H18BrN3O/c1-14(2,3)16-9-8-12-17-13(18-19-12)10-4-6-11(15)7-5-10/h4-7,16H,8-9H2,1-3H3. The summed E-state index contributed by atoms with van der Waals surface area (Å²) in [6, 6.07) is 7.86. The van der Waals surface area contributed by atoms with Gasteiger partial charge in [-0.1, -0.05) is 21.1 Å². The molecule has 0 aliphatic carbocycles. The second kappa shape index (κ2) is 5.84. The lowest BCUT2D eigenvalue weighted by atomic mass is 10.1. The molecule has 1 aromatic carbocycles. The monoisotopic (exact) mass is 323 g/mol. The van der Waals surface area contributed by atoms with E-state index in [2.05, 4.69) is 52.2 Å². The second-order valence-electron chi connectivity index (χ2n) is 5.45. The Balaban J connectivity index is 1.97. The van der Waals surface area contributed by atoms with Crippen LogP contribution in [0.25, 0.3) is 11.4 Å². The van der Waals surface area contributed by atoms with Gasteiger partial charge in [0.15, 0.2) is 0 Å². The lowest BCUT2D eigenvalue weighted by molar-refractivity contribution is 0.362. The van der Waals surface area contributed by atoms with Crippen LogP contribution in [0.3, 0.4) is 0 Å². The van der Waals surface area contributed by atoms with Crippen LogP contribution in [0.2, 0.25) is 0 Å². The van der Waals surface area contributed by atoms with Crippen molar-refractivity contribution < 1.29 is 4.52 Å². The van der Waals surface area contributed by atoms with Gasteiger partial charge >= 0.3 is 0 Å². The van der Waals surface area contributed by atoms with Crippen molar-refractivity contribution in [2.75, 3.05) is 6.54 Å². The fraction of sp³-hybridized carbons (Fsp3) is 0.429. The van der Waals surface area contributed by atoms with E-state index in [-0.39, 0.29) is 5.54 Å². The normalized spacial score (nSPS) is 11.8. The fourth-order valence-corrected chi connectivity index (χ4v) is 1.88. The molecule has 1 aromatic heterocycles. The zero-order valence-electron chi connectivity index (χ0n) is 11.4. The molecule has 0 bridgehead atoms. The summed E-state index contributed by atoms with van der Waals surface area (Å²) in [4.78, 5) is 4.40. The van der Waals surface area contributed by atoms with E-state index < -0.39 is 0 Å². The second-order valence-corrected chi connectivity index (χ2v) is 6.36. The topological polar surface area (TPSA) is 51.0 Å². The number of rotatable bonds is 4. The number of nitrogens with one attached hydrogen (secondary N) is 1. The van der Waals surface area contributed by atoms with Gasteiger partial charge in [-0.15, -0.1) is 0 Å². The summed E-state index contributed by atoms with van der Waals surface area (Å²) < 4.78 is 6.29. The van der Waals surface area contributed by atoms with E-state index in [9.17, 15) is 0 Å². The first-order chi connectivity index (χ1) is 8.94. The molecule has 2 aromatic rings. The highest BCUT2D eigenvalue weighted by atomic mass is 79.9. The van der Waals surface area contributed by atoms with E-state index in [4.69, 9.17) is 4.52 Å². The molecule has 0 radical (unpaired) electrons. The predicted molar refractivity (Wildman–Crippen MR) is 78.9 cm³/mol. The molecule has 1 heterocycles. The molecule has 102 valence electrons. The molecule has 0 spiro atoms. The number of aromatic nitrogens is 2. The average Bonchev–Trinajstić information content (AvgIpc) is 2.77. The molecule has 2 rings (SSSR count). The lowest BCUT2D eigenvalue weighted by Crippen LogP contribution is -2.37. The van der Waals surface area contributed by atoms with Gasteiger partial charge in [-0.3, -0.25) is 0 Å². The largest absolute Gasteiger partial charge is 0.339 e. The molecule has 1 N–H and O–H groups in total. The molecule has 0 unspecified atom stereocenters. The van der Waals surface area contributed by atoms with Crippen LogP contribution in [0.4, 0.5) is 0 Å². The zero-order chi connectivity index (χ0) is 13.9. The number of hydrogen-bond acceptors (Lipinski definition) is 4. The van der Waals surface area contributed by atoms with Crippen molar-refractivity contribution in [2.45, 2.75) is 32.7 Å². The van der Waals surface area contributed by atoms with Crippen LogP contribution in [0.15, 0.2) is 33.3 Å². The van der Waals surface area contributed by atoms with E-state index in [1.54, 1.807) is 0 Å². The highest BCUT2D eigenvalue weighted by Crippen LogP contribution is 2.19. The van der Waals surface area contributed by atoms with E-state index in [1.807, 2.05) is 24.3 Å². The maximum atomic E-state index is 5.25. The highest BCUT2D eigenvalue weighted by Gasteiger charge is 2.11. The summed E-state index contributed by atoms with van der Waals surface area (Å²) in [5.74, 6) is 1.30. The van der Waals surface area contributed by atoms with Crippen molar-refractivity contribution in [1.29, 1.82) is 0 Å². The van der Waals surface area contributed by atoms with Crippen LogP contribution in [0.5, 0.6) is 0 Å². The first-order valence-corrected chi connectivity index (χ1v) is 7.07. The third-order valence-electron chi connectivity index (χ3n) is 2.56. The summed E-state index contributed by atoms with van der Waals surface area (Å²) in [6.07, 6.45) is 0.737. The Bertz CT molecular complexity index is 528. The molecule has 0 fully saturated rings. The van der Waals surface area contributed by atoms with Crippen molar-refractivity contribution >= 4 is 15.9 Å². The number of nitrogens with zero attached hydrogens (tertiary/aromatic N) is 2. The van der Waals surface area contributed by atoms with Gasteiger partial charge < -0.3 is 9.84 Å². The first-order valence-electron chi connectivity index (χ1n) is 6.27. The molecule has 0 aliphatic rings. The van der Waals surface area contributed by atoms with Gasteiger partial charge in [0, 0.05) is 28.5 Å². The maximum Gasteiger partial charge on any atom is 0.228 e. The molecule has 0 saturated carbocycles. The third kappa shape index (κ3) is 4.44. The Kier molecular flexibility index (Phi) is 4.37. The molecule has 4 nitrogen and oxygen atoms in total. The summed E-state index contributed by atoms with van der Waals surface area (Å²) in [5, 5.41) is 7.39. The maximum absolute atomic E-state index is 5.25. The van der Waals surface area contributed by atoms with Crippen molar-refractivity contribution in [1.82, 2.24) is 15.5 Å². The summed E-state index contributed by atoms with van der Waals surface area (Å²) in [5.41, 5.74) is 1.07. The van der Waals surface area contributed by atoms with Crippen LogP contribution in [-0.2, 0) is 6.42 Å². The molecule has 19 heavy (non-hydrogen) atoms. The Hall–Kier alpha value is -1.20. The zero-order valence-corrected chi connectivity index (χ0v) is 13.0. The minimum Gasteiger partial charge on any atom is -0.339 e. The molecule has 0 saturated heterocycles. The Labute approximate surface area is 121 Å². The van der Waals surface area contributed by atoms with Crippen molar-refractivity contribution in [3.8, 4) is 11.4 Å². The van der Waals surface area contributed by atoms with Crippen LogP contribution in [0, 0.1) is 0 Å². The molecule has 0 amide bonds. The average molecular weight is 324 g/mol. The molecule has 5 heteroatoms. The van der Waals surface area contributed by atoms with Crippen LogP contribution in [-0.4, -0.2) is 22.2 Å². The minimum atomic E-state index is 0.106. The lowest BCUT2D eigenvalue weighted by Gasteiger charge is -2.19. The molecule has 0 atom stereocenters. The number of halogens is 1. The van der Waals surface area contributed by atoms with Gasteiger partial charge in [-0.25, -0.2) is 0 Å². The van der Waals surface area contributed by atoms with Crippen LogP contribution in [0.1, 0.15) is 26.7 Å². The summed E-state index contributed by atoms with van der Waals surface area (Å²) in [6.45, 7) is 7.22. The Morgan fingerprint density at radius 3 is 2.53 bits per heavy atom. The van der Waals surface area contributed by atoms with E-state index >= 15 is 0 Å². The Morgan fingerprint density at radius 1 is 1.21 bits per heavy atom. The first kappa shape index (κ1) is 14.2. The van der Waals surface area contributed by atoms with E-state index in [0.29, 0.717) is 11.7 Å². The predicted octanol–water partition coefficient (Wildman–Crippen LogP) is 3.43. The SMILES string of the molecule is CC(C)(C)NCCc1nc(-c2ccc(Br)cc2)no1. The minimum absolute atomic E-state index is 0.106. The molecular weight excluding hydrogens is 306 g/mol. The van der Waals surface area contributed by atoms with Crippen molar-refractivity contribution in [2.24, 2.45) is 0 Å². The summed E-state index contributed by atoms with van der Waals surface area (Å²) >= 11 is 3.40. The third-order valence-corrected chi connectivity index (χ3v) is 3.09. The quantitative estimate of drug-likeness (QED) is 0.936. The Morgan fingerprint density at radius 2 is 1.89 bits per heavy atom. The fourth-order valence-electron chi connectivity index (χ4n) is 1.62.